The van der Waals surface area contributed by atoms with E-state index in [0.717, 1.165) is 11.4 Å². The monoisotopic (exact) mass is 758 g/mol. The fraction of sp³-hybridized carbons (Fsp3) is 0.0545. The van der Waals surface area contributed by atoms with Crippen LogP contribution in [-0.4, -0.2) is 4.57 Å². The molecule has 0 fully saturated rings. The quantitative estimate of drug-likeness (QED) is 0.170. The molecule has 9 aromatic carbocycles. The second kappa shape index (κ2) is 12.5. The Kier molecular flexibility index (Phi) is 7.18. The number of rotatable bonds is 5. The average Bonchev–Trinajstić information content (AvgIpc) is 3.90. The number of benzene rings is 9. The summed E-state index contributed by atoms with van der Waals surface area (Å²) in [4.78, 5) is 2.48. The van der Waals surface area contributed by atoms with Crippen LogP contribution in [0.2, 0.25) is 0 Å². The molecule has 0 N–H and O–H groups in total. The summed E-state index contributed by atoms with van der Waals surface area (Å²) in [7, 11) is 0. The molecule has 0 aliphatic heterocycles. The lowest BCUT2D eigenvalue weighted by atomic mass is 9.82. The molecule has 0 spiro atoms. The lowest BCUT2D eigenvalue weighted by Gasteiger charge is -2.28. The van der Waals surface area contributed by atoms with Gasteiger partial charge in [0, 0.05) is 48.7 Å². The van der Waals surface area contributed by atoms with Crippen molar-refractivity contribution in [3.8, 4) is 27.9 Å². The molecule has 0 bridgehead atoms. The highest BCUT2D eigenvalue weighted by Gasteiger charge is 2.35. The topological polar surface area (TPSA) is 8.17 Å². The number of fused-ring (bicyclic) bond motifs is 11. The van der Waals surface area contributed by atoms with Gasteiger partial charge in [0.1, 0.15) is 0 Å². The Morgan fingerprint density at radius 1 is 0.431 bits per heavy atom. The summed E-state index contributed by atoms with van der Waals surface area (Å²) in [5, 5.41) is 7.70. The van der Waals surface area contributed by atoms with Gasteiger partial charge in [0.15, 0.2) is 0 Å². The molecule has 0 atom stereocenters. The molecular formula is C55H38N2S. The predicted molar refractivity (Wildman–Crippen MR) is 249 cm³/mol. The molecule has 0 radical (unpaired) electrons. The predicted octanol–water partition coefficient (Wildman–Crippen LogP) is 15.7. The molecule has 2 heterocycles. The Bertz CT molecular complexity index is 3420. The molecule has 1 aliphatic rings. The molecule has 0 unspecified atom stereocenters. The van der Waals surface area contributed by atoms with E-state index >= 15 is 0 Å². The van der Waals surface area contributed by atoms with E-state index in [1.54, 1.807) is 0 Å². The number of anilines is 3. The van der Waals surface area contributed by atoms with E-state index in [2.05, 4.69) is 217 Å². The standard InChI is InChI=1S/C55H38N2S/c1-55(2)48-20-10-8-17-42(48)46-34-40(29-31-49(46)55)56(52-22-12-19-44-45-30-25-36-13-6-7-16-41(36)53(45)58-54(44)52)39-27-23-35(24-28-39)37-26-32-51-47(33-37)43-18-9-11-21-50(43)57(51)38-14-4-3-5-15-38/h3-34H,1-2H3. The van der Waals surface area contributed by atoms with Gasteiger partial charge in [0.05, 0.1) is 21.4 Å². The van der Waals surface area contributed by atoms with E-state index in [1.807, 2.05) is 11.3 Å². The average molecular weight is 759 g/mol. The summed E-state index contributed by atoms with van der Waals surface area (Å²) in [6, 6.07) is 71.8. The van der Waals surface area contributed by atoms with Crippen LogP contribution in [-0.2, 0) is 5.41 Å². The molecule has 0 amide bonds. The van der Waals surface area contributed by atoms with Gasteiger partial charge in [-0.1, -0.05) is 147 Å². The SMILES string of the molecule is CC1(C)c2ccccc2-c2cc(N(c3ccc(-c4ccc5c(c4)c4ccccc4n5-c4ccccc4)cc3)c3cccc4c3sc3c5ccccc5ccc43)ccc21. The largest absolute Gasteiger partial charge is 0.309 e. The van der Waals surface area contributed by atoms with Crippen LogP contribution in [0.4, 0.5) is 17.1 Å². The van der Waals surface area contributed by atoms with Gasteiger partial charge in [-0.15, -0.1) is 11.3 Å². The lowest BCUT2D eigenvalue weighted by Crippen LogP contribution is -2.15. The smallest absolute Gasteiger partial charge is 0.0640 e. The third-order valence-corrected chi connectivity index (χ3v) is 13.9. The van der Waals surface area contributed by atoms with Crippen LogP contribution in [0, 0.1) is 0 Å². The number of hydrogen-bond acceptors (Lipinski definition) is 2. The molecule has 12 rings (SSSR count). The second-order valence-electron chi connectivity index (χ2n) is 16.1. The third kappa shape index (κ3) is 4.84. The molecule has 0 saturated carbocycles. The van der Waals surface area contributed by atoms with Crippen LogP contribution in [0.3, 0.4) is 0 Å². The zero-order chi connectivity index (χ0) is 38.5. The number of thiophene rings is 1. The highest BCUT2D eigenvalue weighted by atomic mass is 32.1. The van der Waals surface area contributed by atoms with Crippen molar-refractivity contribution in [2.75, 3.05) is 4.90 Å². The van der Waals surface area contributed by atoms with Gasteiger partial charge >= 0.3 is 0 Å². The van der Waals surface area contributed by atoms with E-state index in [0.29, 0.717) is 0 Å². The molecule has 11 aromatic rings. The van der Waals surface area contributed by atoms with Gasteiger partial charge < -0.3 is 9.47 Å². The van der Waals surface area contributed by atoms with E-state index in [4.69, 9.17) is 0 Å². The summed E-state index contributed by atoms with van der Waals surface area (Å²) in [5.41, 5.74) is 14.8. The van der Waals surface area contributed by atoms with E-state index in [-0.39, 0.29) is 5.41 Å². The number of aromatic nitrogens is 1. The molecular weight excluding hydrogens is 721 g/mol. The van der Waals surface area contributed by atoms with Gasteiger partial charge in [0.25, 0.3) is 0 Å². The number of hydrogen-bond donors (Lipinski definition) is 0. The second-order valence-corrected chi connectivity index (χ2v) is 17.1. The van der Waals surface area contributed by atoms with Gasteiger partial charge in [-0.05, 0) is 105 Å². The summed E-state index contributed by atoms with van der Waals surface area (Å²) in [6.07, 6.45) is 0. The maximum atomic E-state index is 2.48. The molecule has 2 nitrogen and oxygen atoms in total. The minimum atomic E-state index is -0.0576. The van der Waals surface area contributed by atoms with Crippen molar-refractivity contribution in [1.82, 2.24) is 4.57 Å². The van der Waals surface area contributed by atoms with Gasteiger partial charge in [-0.2, -0.15) is 0 Å². The maximum Gasteiger partial charge on any atom is 0.0640 e. The highest BCUT2D eigenvalue weighted by molar-refractivity contribution is 7.27. The first kappa shape index (κ1) is 33.2. The van der Waals surface area contributed by atoms with E-state index in [1.165, 1.54) is 97.5 Å². The van der Waals surface area contributed by atoms with Gasteiger partial charge in [-0.25, -0.2) is 0 Å². The zero-order valence-electron chi connectivity index (χ0n) is 32.3. The maximum absolute atomic E-state index is 2.48. The molecule has 274 valence electrons. The number of nitrogens with zero attached hydrogens (tertiary/aromatic N) is 2. The fourth-order valence-corrected chi connectivity index (χ4v) is 11.1. The Morgan fingerprint density at radius 2 is 1.10 bits per heavy atom. The summed E-state index contributed by atoms with van der Waals surface area (Å²) >= 11 is 1.91. The highest BCUT2D eigenvalue weighted by Crippen LogP contribution is 2.52. The first-order valence-electron chi connectivity index (χ1n) is 20.1. The van der Waals surface area contributed by atoms with Crippen LogP contribution < -0.4 is 4.90 Å². The molecule has 1 aliphatic carbocycles. The van der Waals surface area contributed by atoms with Gasteiger partial charge in [0.2, 0.25) is 0 Å². The van der Waals surface area contributed by atoms with Gasteiger partial charge in [-0.3, -0.25) is 0 Å². The summed E-state index contributed by atoms with van der Waals surface area (Å²) in [5.74, 6) is 0. The minimum Gasteiger partial charge on any atom is -0.309 e. The van der Waals surface area contributed by atoms with Crippen molar-refractivity contribution in [2.45, 2.75) is 19.3 Å². The molecule has 0 saturated heterocycles. The zero-order valence-corrected chi connectivity index (χ0v) is 33.1. The fourth-order valence-electron chi connectivity index (χ4n) is 9.77. The van der Waals surface area contributed by atoms with Crippen molar-refractivity contribution < 1.29 is 0 Å². The third-order valence-electron chi connectivity index (χ3n) is 12.6. The van der Waals surface area contributed by atoms with Crippen LogP contribution in [0.1, 0.15) is 25.0 Å². The lowest BCUT2D eigenvalue weighted by molar-refractivity contribution is 0.660. The van der Waals surface area contributed by atoms with E-state index < -0.39 is 0 Å². The van der Waals surface area contributed by atoms with Crippen LogP contribution in [0.15, 0.2) is 194 Å². The summed E-state index contributed by atoms with van der Waals surface area (Å²) < 4.78 is 5.01. The Morgan fingerprint density at radius 3 is 1.98 bits per heavy atom. The van der Waals surface area contributed by atoms with Crippen molar-refractivity contribution in [2.24, 2.45) is 0 Å². The Labute approximate surface area is 341 Å². The minimum absolute atomic E-state index is 0.0576. The Hall–Kier alpha value is -6.94. The first-order chi connectivity index (χ1) is 28.5. The number of para-hydroxylation sites is 2. The molecule has 58 heavy (non-hydrogen) atoms. The first-order valence-corrected chi connectivity index (χ1v) is 20.9. The van der Waals surface area contributed by atoms with Crippen molar-refractivity contribution >= 4 is 81.1 Å². The molecule has 2 aromatic heterocycles. The van der Waals surface area contributed by atoms with Crippen molar-refractivity contribution in [3.05, 3.63) is 205 Å². The molecule has 3 heteroatoms. The Balaban J connectivity index is 1.03. The van der Waals surface area contributed by atoms with E-state index in [9.17, 15) is 0 Å². The van der Waals surface area contributed by atoms with Crippen molar-refractivity contribution in [3.63, 3.8) is 0 Å². The van der Waals surface area contributed by atoms with Crippen LogP contribution in [0.25, 0.3) is 80.7 Å². The van der Waals surface area contributed by atoms with Crippen molar-refractivity contribution in [1.29, 1.82) is 0 Å². The van der Waals surface area contributed by atoms with Crippen LogP contribution in [0.5, 0.6) is 0 Å². The summed E-state index contributed by atoms with van der Waals surface area (Å²) in [6.45, 7) is 4.71. The normalized spacial score (nSPS) is 13.1. The van der Waals surface area contributed by atoms with Crippen LogP contribution >= 0.6 is 11.3 Å².